The number of alkyl halides is 3. The van der Waals surface area contributed by atoms with Crippen molar-refractivity contribution >= 4 is 31.5 Å². The Kier molecular flexibility index (Phi) is 7.61. The molecule has 0 spiro atoms. The summed E-state index contributed by atoms with van der Waals surface area (Å²) >= 11 is -1.49. The van der Waals surface area contributed by atoms with Gasteiger partial charge in [0.05, 0.1) is 6.10 Å². The van der Waals surface area contributed by atoms with E-state index >= 15 is 0 Å². The van der Waals surface area contributed by atoms with Crippen molar-refractivity contribution < 1.29 is 13.5 Å². The highest BCUT2D eigenvalue weighted by atomic mass is 127. The number of rotatable bonds is 7. The molecule has 0 aromatic heterocycles. The third-order valence-electron chi connectivity index (χ3n) is 2.20. The Morgan fingerprint density at radius 1 is 1.47 bits per heavy atom. The van der Waals surface area contributed by atoms with Crippen molar-refractivity contribution in [1.82, 2.24) is 0 Å². The molecule has 0 fully saturated rings. The molecule has 1 N–H and O–H groups in total. The highest BCUT2D eigenvalue weighted by Gasteiger charge is 2.28. The van der Waals surface area contributed by atoms with E-state index in [-0.39, 0.29) is 0 Å². The molecule has 0 aliphatic heterocycles. The summed E-state index contributed by atoms with van der Waals surface area (Å²) in [5, 5.41) is 6.93. The van der Waals surface area contributed by atoms with Gasteiger partial charge in [0.25, 0.3) is 0 Å². The summed E-state index contributed by atoms with van der Waals surface area (Å²) in [4.78, 5) is 0. The SMILES string of the molecule is C=IC(F)(F)O[C@H](C)C/C=C(C)/C(C)=C/C=N. The lowest BCUT2D eigenvalue weighted by molar-refractivity contribution is -0.172. The molecular weight excluding hydrogens is 339 g/mol. The number of hydrogen-bond donors (Lipinski definition) is 1. The average Bonchev–Trinajstić information content (AvgIpc) is 2.25. The zero-order chi connectivity index (χ0) is 13.5. The third-order valence-corrected chi connectivity index (χ3v) is 3.34. The summed E-state index contributed by atoms with van der Waals surface area (Å²) in [6.45, 7) is 5.37. The lowest BCUT2D eigenvalue weighted by Gasteiger charge is -2.17. The minimum Gasteiger partial charge on any atom is -0.309 e. The van der Waals surface area contributed by atoms with Crippen LogP contribution in [0, 0.1) is 5.41 Å². The van der Waals surface area contributed by atoms with Gasteiger partial charge in [0.15, 0.2) is 0 Å². The molecule has 0 aromatic rings. The maximum Gasteiger partial charge on any atom is 0.402 e. The molecule has 2 nitrogen and oxygen atoms in total. The second-order valence-electron chi connectivity index (χ2n) is 3.65. The van der Waals surface area contributed by atoms with Gasteiger partial charge in [-0.2, -0.15) is 8.78 Å². The molecule has 0 saturated carbocycles. The van der Waals surface area contributed by atoms with Crippen LogP contribution in [0.25, 0.3) is 0 Å². The van der Waals surface area contributed by atoms with Crippen molar-refractivity contribution in [3.63, 3.8) is 0 Å². The largest absolute Gasteiger partial charge is 0.402 e. The molecule has 0 rings (SSSR count). The summed E-state index contributed by atoms with van der Waals surface area (Å²) in [6.07, 6.45) is 4.60. The zero-order valence-corrected chi connectivity index (χ0v) is 12.4. The molecular formula is C12H18F2INO. The fourth-order valence-corrected chi connectivity index (χ4v) is 1.68. The highest BCUT2D eigenvalue weighted by molar-refractivity contribution is 14.2. The lowest BCUT2D eigenvalue weighted by atomic mass is 10.1. The van der Waals surface area contributed by atoms with Crippen LogP contribution in [-0.2, 0) is 4.74 Å². The van der Waals surface area contributed by atoms with Crippen molar-refractivity contribution in [2.24, 2.45) is 0 Å². The molecule has 17 heavy (non-hydrogen) atoms. The Hall–Kier alpha value is -0.430. The van der Waals surface area contributed by atoms with E-state index in [1.54, 1.807) is 13.0 Å². The maximum atomic E-state index is 12.9. The Balaban J connectivity index is 4.37. The number of ether oxygens (including phenoxy) is 1. The molecule has 0 aromatic carbocycles. The first-order chi connectivity index (χ1) is 7.82. The molecule has 0 bridgehead atoms. The molecule has 0 radical (unpaired) electrons. The zero-order valence-electron chi connectivity index (χ0n) is 10.3. The van der Waals surface area contributed by atoms with Crippen LogP contribution in [0.5, 0.6) is 0 Å². The molecule has 98 valence electrons. The number of hydrogen-bond acceptors (Lipinski definition) is 2. The molecule has 1 atom stereocenters. The highest BCUT2D eigenvalue weighted by Crippen LogP contribution is 2.30. The Morgan fingerprint density at radius 3 is 2.53 bits per heavy atom. The fraction of sp³-hybridized carbons (Fsp3) is 0.500. The first-order valence-corrected chi connectivity index (χ1v) is 7.72. The third kappa shape index (κ3) is 7.49. The molecule has 0 aliphatic carbocycles. The predicted molar refractivity (Wildman–Crippen MR) is 77.5 cm³/mol. The number of nitrogens with one attached hydrogen (secondary N) is 1. The van der Waals surface area contributed by atoms with Gasteiger partial charge in [-0.15, -0.1) is 0 Å². The minimum atomic E-state index is -3.04. The maximum absolute atomic E-state index is 12.9. The second kappa shape index (κ2) is 7.81. The standard InChI is InChI=1S/C12H18F2INO/c1-9(10(2)7-8-16)5-6-11(3)17-12(13,14)15-4/h5,7-8,11,16H,4,6H2,1-3H3/b9-5+,10-7+,16-8?/t11-/m1/s1. The van der Waals surface area contributed by atoms with Crippen molar-refractivity contribution in [2.75, 3.05) is 0 Å². The van der Waals surface area contributed by atoms with E-state index < -0.39 is 31.0 Å². The first kappa shape index (κ1) is 16.6. The van der Waals surface area contributed by atoms with Gasteiger partial charge in [0.1, 0.15) is 0 Å². The van der Waals surface area contributed by atoms with E-state index in [1.165, 1.54) is 6.21 Å². The summed E-state index contributed by atoms with van der Waals surface area (Å²) in [6, 6.07) is 0. The van der Waals surface area contributed by atoms with Crippen LogP contribution in [0.3, 0.4) is 0 Å². The van der Waals surface area contributed by atoms with E-state index in [1.807, 2.05) is 19.9 Å². The monoisotopic (exact) mass is 357 g/mol. The van der Waals surface area contributed by atoms with E-state index in [0.717, 1.165) is 11.1 Å². The van der Waals surface area contributed by atoms with Crippen molar-refractivity contribution in [2.45, 2.75) is 37.4 Å². The molecule has 0 aliphatic rings. The van der Waals surface area contributed by atoms with Gasteiger partial charge in [-0.25, -0.2) is 0 Å². The van der Waals surface area contributed by atoms with E-state index in [0.29, 0.717) is 6.42 Å². The number of halogens is 3. The van der Waals surface area contributed by atoms with Crippen LogP contribution in [0.1, 0.15) is 27.2 Å². The first-order valence-electron chi connectivity index (χ1n) is 5.12. The van der Waals surface area contributed by atoms with Gasteiger partial charge in [0.2, 0.25) is 0 Å². The van der Waals surface area contributed by atoms with Crippen LogP contribution in [-0.4, -0.2) is 20.9 Å². The molecule has 0 unspecified atom stereocenters. The van der Waals surface area contributed by atoms with E-state index in [4.69, 9.17) is 5.41 Å². The normalized spacial score (nSPS) is 15.8. The molecule has 0 amide bonds. The van der Waals surface area contributed by atoms with E-state index in [9.17, 15) is 8.78 Å². The van der Waals surface area contributed by atoms with Crippen LogP contribution in [0.15, 0.2) is 23.3 Å². The Morgan fingerprint density at radius 2 is 2.06 bits per heavy atom. The fourth-order valence-electron chi connectivity index (χ4n) is 1.07. The van der Waals surface area contributed by atoms with Crippen LogP contribution in [0.4, 0.5) is 8.78 Å². The van der Waals surface area contributed by atoms with Crippen molar-refractivity contribution in [1.29, 1.82) is 5.41 Å². The van der Waals surface area contributed by atoms with Crippen molar-refractivity contribution in [3.05, 3.63) is 23.3 Å². The molecule has 0 saturated heterocycles. The van der Waals surface area contributed by atoms with Gasteiger partial charge in [-0.05, 0) is 59.6 Å². The van der Waals surface area contributed by atoms with Crippen LogP contribution < -0.4 is 0 Å². The quantitative estimate of drug-likeness (QED) is 0.314. The van der Waals surface area contributed by atoms with Crippen molar-refractivity contribution in [3.8, 4) is 0 Å². The topological polar surface area (TPSA) is 33.1 Å². The summed E-state index contributed by atoms with van der Waals surface area (Å²) in [5.74, 6) is 0. The Labute approximate surface area is 111 Å². The van der Waals surface area contributed by atoms with Crippen LogP contribution in [0.2, 0.25) is 0 Å². The number of allylic oxidation sites excluding steroid dienone is 3. The summed E-state index contributed by atoms with van der Waals surface area (Å²) in [5.41, 5.74) is 1.92. The predicted octanol–water partition coefficient (Wildman–Crippen LogP) is 4.28. The molecule has 0 heterocycles. The van der Waals surface area contributed by atoms with Gasteiger partial charge >= 0.3 is 4.12 Å². The van der Waals surface area contributed by atoms with E-state index in [2.05, 4.69) is 9.25 Å². The minimum absolute atomic E-state index is 0.425. The smallest absolute Gasteiger partial charge is 0.309 e. The Bertz CT molecular complexity index is 337. The lowest BCUT2D eigenvalue weighted by Crippen LogP contribution is -2.20. The molecule has 5 heteroatoms. The van der Waals surface area contributed by atoms with Gasteiger partial charge in [0, 0.05) is 6.21 Å². The van der Waals surface area contributed by atoms with Gasteiger partial charge in [-0.3, -0.25) is 0 Å². The summed E-state index contributed by atoms with van der Waals surface area (Å²) < 4.78 is 30.6. The van der Waals surface area contributed by atoms with Gasteiger partial charge < -0.3 is 10.1 Å². The average molecular weight is 357 g/mol. The van der Waals surface area contributed by atoms with Gasteiger partial charge in [-0.1, -0.05) is 16.2 Å². The second-order valence-corrected chi connectivity index (χ2v) is 5.67. The summed E-state index contributed by atoms with van der Waals surface area (Å²) in [7, 11) is 0. The van der Waals surface area contributed by atoms with Crippen LogP contribution >= 0.6 is 20.7 Å².